The largest absolute Gasteiger partial charge is 0.497 e. The van der Waals surface area contributed by atoms with E-state index in [-0.39, 0.29) is 17.9 Å². The van der Waals surface area contributed by atoms with E-state index in [0.29, 0.717) is 32.4 Å². The first-order chi connectivity index (χ1) is 15.5. The molecule has 0 aliphatic heterocycles. The van der Waals surface area contributed by atoms with E-state index in [0.717, 1.165) is 23.5 Å². The van der Waals surface area contributed by atoms with Gasteiger partial charge in [0.1, 0.15) is 17.5 Å². The predicted octanol–water partition coefficient (Wildman–Crippen LogP) is 4.58. The lowest BCUT2D eigenvalue weighted by molar-refractivity contribution is -0.141. The van der Waals surface area contributed by atoms with Gasteiger partial charge in [-0.05, 0) is 56.0 Å². The van der Waals surface area contributed by atoms with Crippen molar-refractivity contribution < 1.29 is 19.1 Å². The smallest absolute Gasteiger partial charge is 0.243 e. The van der Waals surface area contributed by atoms with Crippen molar-refractivity contribution in [3.63, 3.8) is 0 Å². The van der Waals surface area contributed by atoms with Crippen LogP contribution in [0.3, 0.4) is 0 Å². The van der Waals surface area contributed by atoms with Gasteiger partial charge in [-0.2, -0.15) is 0 Å². The fourth-order valence-corrected chi connectivity index (χ4v) is 3.37. The molecule has 0 radical (unpaired) electrons. The van der Waals surface area contributed by atoms with Crippen molar-refractivity contribution in [2.24, 2.45) is 0 Å². The molecule has 0 aliphatic rings. The third-order valence-electron chi connectivity index (χ3n) is 5.45. The molecule has 0 saturated carbocycles. The van der Waals surface area contributed by atoms with E-state index in [1.54, 1.807) is 12.0 Å². The summed E-state index contributed by atoms with van der Waals surface area (Å²) < 4.78 is 10.9. The molecule has 0 spiro atoms. The lowest BCUT2D eigenvalue weighted by atomic mass is 10.1. The maximum absolute atomic E-state index is 13.2. The molecule has 2 amide bonds. The van der Waals surface area contributed by atoms with Gasteiger partial charge in [-0.15, -0.1) is 0 Å². The molecule has 32 heavy (non-hydrogen) atoms. The molecule has 6 nitrogen and oxygen atoms in total. The zero-order chi connectivity index (χ0) is 23.3. The minimum Gasteiger partial charge on any atom is -0.497 e. The van der Waals surface area contributed by atoms with Crippen LogP contribution in [0.25, 0.3) is 0 Å². The highest BCUT2D eigenvalue weighted by Gasteiger charge is 2.28. The number of ether oxygens (including phenoxy) is 2. The summed E-state index contributed by atoms with van der Waals surface area (Å²) in [6.07, 6.45) is 2.29. The maximum atomic E-state index is 13.2. The molecule has 1 N–H and O–H groups in total. The normalized spacial score (nSPS) is 12.5. The Balaban J connectivity index is 2.01. The molecule has 2 aromatic carbocycles. The third-order valence-corrected chi connectivity index (χ3v) is 5.45. The van der Waals surface area contributed by atoms with Gasteiger partial charge in [0.2, 0.25) is 11.8 Å². The fourth-order valence-electron chi connectivity index (χ4n) is 3.37. The highest BCUT2D eigenvalue weighted by molar-refractivity contribution is 5.87. The SMILES string of the molecule is CCC(C)NC(=O)C(CC)N(Cc1ccccc1)C(=O)CCCOc1ccc(OC)cc1. The van der Waals surface area contributed by atoms with Crippen molar-refractivity contribution in [2.45, 2.75) is 65.1 Å². The molecular weight excluding hydrogens is 404 g/mol. The molecule has 174 valence electrons. The quantitative estimate of drug-likeness (QED) is 0.463. The van der Waals surface area contributed by atoms with E-state index in [1.807, 2.05) is 75.4 Å². The number of nitrogens with zero attached hydrogens (tertiary/aromatic N) is 1. The van der Waals surface area contributed by atoms with Gasteiger partial charge in [-0.1, -0.05) is 44.2 Å². The van der Waals surface area contributed by atoms with E-state index < -0.39 is 6.04 Å². The molecule has 2 rings (SSSR count). The van der Waals surface area contributed by atoms with Crippen LogP contribution in [0.15, 0.2) is 54.6 Å². The molecule has 2 aromatic rings. The third kappa shape index (κ3) is 7.91. The van der Waals surface area contributed by atoms with Crippen LogP contribution in [0.2, 0.25) is 0 Å². The maximum Gasteiger partial charge on any atom is 0.243 e. The Kier molecular flexibility index (Phi) is 10.6. The van der Waals surface area contributed by atoms with Gasteiger partial charge >= 0.3 is 0 Å². The number of nitrogens with one attached hydrogen (secondary N) is 1. The second-order valence-electron chi connectivity index (χ2n) is 7.88. The highest BCUT2D eigenvalue weighted by Crippen LogP contribution is 2.18. The Morgan fingerprint density at radius 3 is 2.22 bits per heavy atom. The summed E-state index contributed by atoms with van der Waals surface area (Å²) in [5.41, 5.74) is 1.00. The number of methoxy groups -OCH3 is 1. The first-order valence-corrected chi connectivity index (χ1v) is 11.4. The Morgan fingerprint density at radius 2 is 1.62 bits per heavy atom. The second-order valence-corrected chi connectivity index (χ2v) is 7.88. The van der Waals surface area contributed by atoms with E-state index >= 15 is 0 Å². The molecule has 0 bridgehead atoms. The van der Waals surface area contributed by atoms with Crippen molar-refractivity contribution in [3.8, 4) is 11.5 Å². The topological polar surface area (TPSA) is 67.9 Å². The summed E-state index contributed by atoms with van der Waals surface area (Å²) in [6, 6.07) is 16.7. The van der Waals surface area contributed by atoms with Crippen LogP contribution in [-0.2, 0) is 16.1 Å². The van der Waals surface area contributed by atoms with Gasteiger partial charge < -0.3 is 19.7 Å². The Hall–Kier alpha value is -3.02. The summed E-state index contributed by atoms with van der Waals surface area (Å²) in [5, 5.41) is 3.03. The molecule has 0 aromatic heterocycles. The number of benzene rings is 2. The highest BCUT2D eigenvalue weighted by atomic mass is 16.5. The first kappa shape index (κ1) is 25.2. The molecular formula is C26H36N2O4. The fraction of sp³-hybridized carbons (Fsp3) is 0.462. The summed E-state index contributed by atoms with van der Waals surface area (Å²) in [6.45, 7) is 6.78. The first-order valence-electron chi connectivity index (χ1n) is 11.4. The van der Waals surface area contributed by atoms with Crippen molar-refractivity contribution in [1.29, 1.82) is 0 Å². The zero-order valence-electron chi connectivity index (χ0n) is 19.7. The molecule has 2 unspecified atom stereocenters. The Labute approximate surface area is 191 Å². The van der Waals surface area contributed by atoms with E-state index in [9.17, 15) is 9.59 Å². The average Bonchev–Trinajstić information content (AvgIpc) is 2.82. The molecule has 0 heterocycles. The van der Waals surface area contributed by atoms with Crippen molar-refractivity contribution >= 4 is 11.8 Å². The minimum atomic E-state index is -0.501. The number of carbonyl (C=O) groups excluding carboxylic acids is 2. The van der Waals surface area contributed by atoms with Gasteiger partial charge in [-0.3, -0.25) is 9.59 Å². The molecule has 0 saturated heterocycles. The van der Waals surface area contributed by atoms with Crippen LogP contribution in [0, 0.1) is 0 Å². The van der Waals surface area contributed by atoms with E-state index in [2.05, 4.69) is 5.32 Å². The van der Waals surface area contributed by atoms with Crippen LogP contribution < -0.4 is 14.8 Å². The Bertz CT molecular complexity index is 823. The van der Waals surface area contributed by atoms with E-state index in [4.69, 9.17) is 9.47 Å². The molecule has 2 atom stereocenters. The van der Waals surface area contributed by atoms with E-state index in [1.165, 1.54) is 0 Å². The van der Waals surface area contributed by atoms with Crippen molar-refractivity contribution in [2.75, 3.05) is 13.7 Å². The van der Waals surface area contributed by atoms with Gasteiger partial charge in [0, 0.05) is 19.0 Å². The number of hydrogen-bond donors (Lipinski definition) is 1. The summed E-state index contributed by atoms with van der Waals surface area (Å²) in [4.78, 5) is 27.8. The van der Waals surface area contributed by atoms with Crippen LogP contribution in [0.4, 0.5) is 0 Å². The summed E-state index contributed by atoms with van der Waals surface area (Å²) in [5.74, 6) is 1.36. The Morgan fingerprint density at radius 1 is 0.969 bits per heavy atom. The van der Waals surface area contributed by atoms with Gasteiger partial charge in [0.05, 0.1) is 13.7 Å². The molecule has 6 heteroatoms. The standard InChI is InChI=1S/C26H36N2O4/c1-5-20(3)27-26(30)24(6-2)28(19-21-11-8-7-9-12-21)25(29)13-10-18-32-23-16-14-22(31-4)15-17-23/h7-9,11-12,14-17,20,24H,5-6,10,13,18-19H2,1-4H3,(H,27,30). The summed E-state index contributed by atoms with van der Waals surface area (Å²) >= 11 is 0. The monoisotopic (exact) mass is 440 g/mol. The van der Waals surface area contributed by atoms with Crippen LogP contribution in [-0.4, -0.2) is 42.5 Å². The van der Waals surface area contributed by atoms with Crippen molar-refractivity contribution in [1.82, 2.24) is 10.2 Å². The molecule has 0 fully saturated rings. The van der Waals surface area contributed by atoms with Gasteiger partial charge in [0.25, 0.3) is 0 Å². The number of hydrogen-bond acceptors (Lipinski definition) is 4. The number of amides is 2. The van der Waals surface area contributed by atoms with Crippen molar-refractivity contribution in [3.05, 3.63) is 60.2 Å². The predicted molar refractivity (Wildman–Crippen MR) is 127 cm³/mol. The van der Waals surface area contributed by atoms with Crippen LogP contribution in [0.5, 0.6) is 11.5 Å². The minimum absolute atomic E-state index is 0.0432. The molecule has 0 aliphatic carbocycles. The summed E-state index contributed by atoms with van der Waals surface area (Å²) in [7, 11) is 1.62. The van der Waals surface area contributed by atoms with Crippen LogP contribution >= 0.6 is 0 Å². The lowest BCUT2D eigenvalue weighted by Crippen LogP contribution is -2.50. The average molecular weight is 441 g/mol. The zero-order valence-corrected chi connectivity index (χ0v) is 19.7. The van der Waals surface area contributed by atoms with Crippen LogP contribution in [0.1, 0.15) is 52.0 Å². The number of rotatable bonds is 13. The van der Waals surface area contributed by atoms with Gasteiger partial charge in [0.15, 0.2) is 0 Å². The lowest BCUT2D eigenvalue weighted by Gasteiger charge is -2.31. The second kappa shape index (κ2) is 13.4. The number of carbonyl (C=O) groups is 2. The van der Waals surface area contributed by atoms with Gasteiger partial charge in [-0.25, -0.2) is 0 Å².